The van der Waals surface area contributed by atoms with Crippen molar-refractivity contribution >= 4 is 23.4 Å². The third kappa shape index (κ3) is 4.67. The Bertz CT molecular complexity index is 1160. The number of aryl methyl sites for hydroxylation is 1. The summed E-state index contributed by atoms with van der Waals surface area (Å²) in [6.45, 7) is 7.45. The summed E-state index contributed by atoms with van der Waals surface area (Å²) in [7, 11) is 0. The van der Waals surface area contributed by atoms with Crippen LogP contribution >= 0.6 is 11.6 Å². The summed E-state index contributed by atoms with van der Waals surface area (Å²) in [5.41, 5.74) is 5.14. The lowest BCUT2D eigenvalue weighted by molar-refractivity contribution is -0.131. The van der Waals surface area contributed by atoms with E-state index in [1.54, 1.807) is 28.9 Å². The molecular weight excluding hydrogens is 441 g/mol. The van der Waals surface area contributed by atoms with Gasteiger partial charge in [0.15, 0.2) is 0 Å². The monoisotopic (exact) mass is 467 g/mol. The van der Waals surface area contributed by atoms with E-state index in [4.69, 9.17) is 11.6 Å². The molecule has 33 heavy (non-hydrogen) atoms. The van der Waals surface area contributed by atoms with E-state index >= 15 is 0 Å². The lowest BCUT2D eigenvalue weighted by Crippen LogP contribution is -2.52. The molecule has 0 spiro atoms. The van der Waals surface area contributed by atoms with Crippen LogP contribution in [-0.4, -0.2) is 57.7 Å². The van der Waals surface area contributed by atoms with Crippen LogP contribution < -0.4 is 0 Å². The van der Waals surface area contributed by atoms with Gasteiger partial charge < -0.3 is 14.4 Å². The average Bonchev–Trinajstić information content (AvgIpc) is 3.16. The molecule has 1 aliphatic heterocycles. The number of hydrogen-bond donors (Lipinski definition) is 0. The van der Waals surface area contributed by atoms with Crippen molar-refractivity contribution in [2.75, 3.05) is 26.2 Å². The van der Waals surface area contributed by atoms with Crippen LogP contribution in [0.5, 0.6) is 0 Å². The van der Waals surface area contributed by atoms with Crippen LogP contribution in [0, 0.1) is 19.7 Å². The molecule has 0 radical (unpaired) electrons. The molecule has 172 valence electrons. The Balaban J connectivity index is 1.68. The fourth-order valence-electron chi connectivity index (χ4n) is 4.23. The molecular formula is C26H27ClFN3O2. The second-order valence-electron chi connectivity index (χ2n) is 8.44. The van der Waals surface area contributed by atoms with E-state index in [0.29, 0.717) is 31.7 Å². The fourth-order valence-corrected chi connectivity index (χ4v) is 4.37. The number of carbonyl (C=O) groups is 2. The maximum atomic E-state index is 13.6. The van der Waals surface area contributed by atoms with Gasteiger partial charge in [-0.15, -0.1) is 11.6 Å². The maximum Gasteiger partial charge on any atom is 0.255 e. The molecule has 1 unspecified atom stereocenters. The average molecular weight is 468 g/mol. The first-order valence-corrected chi connectivity index (χ1v) is 11.5. The Morgan fingerprint density at radius 2 is 1.48 bits per heavy atom. The Hall–Kier alpha value is -3.12. The first-order valence-electron chi connectivity index (χ1n) is 11.0. The van der Waals surface area contributed by atoms with E-state index in [9.17, 15) is 14.0 Å². The zero-order valence-electron chi connectivity index (χ0n) is 19.0. The van der Waals surface area contributed by atoms with Gasteiger partial charge in [-0.25, -0.2) is 4.39 Å². The van der Waals surface area contributed by atoms with Gasteiger partial charge in [-0.1, -0.05) is 17.7 Å². The molecule has 7 heteroatoms. The molecule has 5 nitrogen and oxygen atoms in total. The Morgan fingerprint density at radius 1 is 0.909 bits per heavy atom. The van der Waals surface area contributed by atoms with Crippen molar-refractivity contribution in [1.29, 1.82) is 0 Å². The lowest BCUT2D eigenvalue weighted by atomic mass is 10.1. The molecule has 1 aromatic heterocycles. The van der Waals surface area contributed by atoms with E-state index in [1.165, 1.54) is 12.1 Å². The molecule has 0 saturated carbocycles. The van der Waals surface area contributed by atoms with Crippen molar-refractivity contribution in [3.05, 3.63) is 77.2 Å². The van der Waals surface area contributed by atoms with Crippen molar-refractivity contribution < 1.29 is 14.0 Å². The van der Waals surface area contributed by atoms with Crippen LogP contribution in [0.25, 0.3) is 16.9 Å². The number of rotatable bonds is 4. The van der Waals surface area contributed by atoms with E-state index < -0.39 is 5.38 Å². The molecule has 0 bridgehead atoms. The summed E-state index contributed by atoms with van der Waals surface area (Å²) in [5, 5.41) is -0.573. The van der Waals surface area contributed by atoms with Gasteiger partial charge in [0.25, 0.3) is 5.91 Å². The molecule has 1 fully saturated rings. The minimum atomic E-state index is -0.573. The second kappa shape index (κ2) is 9.40. The largest absolute Gasteiger partial charge is 0.338 e. The minimum Gasteiger partial charge on any atom is -0.338 e. The SMILES string of the molecule is Cc1ccc(-n2c(-c3ccc(F)cc3)cc(C(=O)N3CCN(C(=O)C(C)Cl)CC3)c2C)cc1. The van der Waals surface area contributed by atoms with E-state index in [0.717, 1.165) is 28.2 Å². The van der Waals surface area contributed by atoms with E-state index in [1.807, 2.05) is 48.7 Å². The quantitative estimate of drug-likeness (QED) is 0.517. The van der Waals surface area contributed by atoms with Crippen LogP contribution in [-0.2, 0) is 4.79 Å². The highest BCUT2D eigenvalue weighted by Gasteiger charge is 2.29. The summed E-state index contributed by atoms with van der Waals surface area (Å²) in [6.07, 6.45) is 0. The van der Waals surface area contributed by atoms with Crippen molar-refractivity contribution in [1.82, 2.24) is 14.4 Å². The number of hydrogen-bond acceptors (Lipinski definition) is 2. The normalized spacial score (nSPS) is 14.9. The maximum absolute atomic E-state index is 13.6. The number of carbonyl (C=O) groups excluding carboxylic acids is 2. The summed E-state index contributed by atoms with van der Waals surface area (Å²) in [4.78, 5) is 29.1. The highest BCUT2D eigenvalue weighted by Crippen LogP contribution is 2.31. The number of piperazine rings is 1. The van der Waals surface area contributed by atoms with Gasteiger partial charge in [0.2, 0.25) is 5.91 Å². The molecule has 3 aromatic rings. The molecule has 1 saturated heterocycles. The lowest BCUT2D eigenvalue weighted by Gasteiger charge is -2.35. The smallest absolute Gasteiger partial charge is 0.255 e. The highest BCUT2D eigenvalue weighted by atomic mass is 35.5. The van der Waals surface area contributed by atoms with Crippen molar-refractivity contribution in [2.24, 2.45) is 0 Å². The zero-order valence-corrected chi connectivity index (χ0v) is 19.8. The van der Waals surface area contributed by atoms with Crippen LogP contribution in [0.3, 0.4) is 0 Å². The third-order valence-corrected chi connectivity index (χ3v) is 6.32. The van der Waals surface area contributed by atoms with Crippen LogP contribution in [0.1, 0.15) is 28.5 Å². The molecule has 2 heterocycles. The predicted molar refractivity (Wildman–Crippen MR) is 128 cm³/mol. The number of benzene rings is 2. The van der Waals surface area contributed by atoms with Crippen molar-refractivity contribution in [2.45, 2.75) is 26.1 Å². The zero-order chi connectivity index (χ0) is 23.7. The van der Waals surface area contributed by atoms with Crippen molar-refractivity contribution in [3.63, 3.8) is 0 Å². The van der Waals surface area contributed by atoms with E-state index in [2.05, 4.69) is 0 Å². The molecule has 0 aliphatic carbocycles. The van der Waals surface area contributed by atoms with Gasteiger partial charge in [-0.3, -0.25) is 9.59 Å². The van der Waals surface area contributed by atoms with Gasteiger partial charge in [0.1, 0.15) is 11.2 Å². The number of amides is 2. The van der Waals surface area contributed by atoms with Gasteiger partial charge in [-0.2, -0.15) is 0 Å². The number of halogens is 2. The van der Waals surface area contributed by atoms with E-state index in [-0.39, 0.29) is 17.6 Å². The summed E-state index contributed by atoms with van der Waals surface area (Å²) in [5.74, 6) is -0.490. The molecule has 0 N–H and O–H groups in total. The number of nitrogens with zero attached hydrogens (tertiary/aromatic N) is 3. The number of aromatic nitrogens is 1. The molecule has 2 amide bonds. The third-order valence-electron chi connectivity index (χ3n) is 6.13. The summed E-state index contributed by atoms with van der Waals surface area (Å²) >= 11 is 5.94. The Morgan fingerprint density at radius 3 is 2.06 bits per heavy atom. The topological polar surface area (TPSA) is 45.6 Å². The highest BCUT2D eigenvalue weighted by molar-refractivity contribution is 6.30. The molecule has 4 rings (SSSR count). The molecule has 2 aromatic carbocycles. The van der Waals surface area contributed by atoms with Crippen molar-refractivity contribution in [3.8, 4) is 16.9 Å². The first-order chi connectivity index (χ1) is 15.8. The van der Waals surface area contributed by atoms with Crippen LogP contribution in [0.2, 0.25) is 0 Å². The molecule has 1 atom stereocenters. The van der Waals surface area contributed by atoms with Crippen LogP contribution in [0.4, 0.5) is 4.39 Å². The van der Waals surface area contributed by atoms with Gasteiger partial charge in [-0.05, 0) is 68.8 Å². The fraction of sp³-hybridized carbons (Fsp3) is 0.308. The van der Waals surface area contributed by atoms with Gasteiger partial charge in [0.05, 0.1) is 11.3 Å². The summed E-state index contributed by atoms with van der Waals surface area (Å²) in [6, 6.07) is 16.3. The first kappa shape index (κ1) is 23.1. The van der Waals surface area contributed by atoms with Gasteiger partial charge >= 0.3 is 0 Å². The number of alkyl halides is 1. The van der Waals surface area contributed by atoms with Crippen LogP contribution in [0.15, 0.2) is 54.6 Å². The predicted octanol–water partition coefficient (Wildman–Crippen LogP) is 4.81. The minimum absolute atomic E-state index is 0.0762. The molecule has 1 aliphatic rings. The Labute approximate surface area is 198 Å². The second-order valence-corrected chi connectivity index (χ2v) is 9.09. The van der Waals surface area contributed by atoms with Gasteiger partial charge in [0, 0.05) is 37.6 Å². The standard InChI is InChI=1S/C26H27ClFN3O2/c1-17-4-10-22(11-5-17)31-19(3)23(16-24(31)20-6-8-21(28)9-7-20)26(33)30-14-12-29(13-15-30)25(32)18(2)27/h4-11,16,18H,12-15H2,1-3H3. The Kier molecular flexibility index (Phi) is 6.56. The summed E-state index contributed by atoms with van der Waals surface area (Å²) < 4.78 is 15.6.